The summed E-state index contributed by atoms with van der Waals surface area (Å²) in [5.41, 5.74) is 2.81. The van der Waals surface area contributed by atoms with Gasteiger partial charge in [0.25, 0.3) is 0 Å². The first-order valence-electron chi connectivity index (χ1n) is 8.61. The van der Waals surface area contributed by atoms with Crippen molar-refractivity contribution in [1.82, 2.24) is 10.3 Å². The molecule has 1 aromatic carbocycles. The first kappa shape index (κ1) is 14.0. The van der Waals surface area contributed by atoms with E-state index in [0.29, 0.717) is 12.0 Å². The highest BCUT2D eigenvalue weighted by Gasteiger charge is 2.50. The zero-order valence-electron chi connectivity index (χ0n) is 13.0. The third-order valence-electron chi connectivity index (χ3n) is 5.63. The zero-order chi connectivity index (χ0) is 14.8. The SMILES string of the molecule is c1ccc([C@H]2C3CCCCC3[C@@H]2NCc2cccnc2)cc1. The maximum atomic E-state index is 4.23. The Morgan fingerprint density at radius 2 is 1.77 bits per heavy atom. The van der Waals surface area contributed by atoms with Crippen molar-refractivity contribution < 1.29 is 0 Å². The Kier molecular flexibility index (Phi) is 3.94. The van der Waals surface area contributed by atoms with Crippen LogP contribution in [0.15, 0.2) is 54.9 Å². The van der Waals surface area contributed by atoms with Gasteiger partial charge in [-0.15, -0.1) is 0 Å². The highest BCUT2D eigenvalue weighted by Crippen LogP contribution is 2.54. The number of aromatic nitrogens is 1. The van der Waals surface area contributed by atoms with Gasteiger partial charge in [-0.25, -0.2) is 0 Å². The minimum absolute atomic E-state index is 0.632. The number of hydrogen-bond acceptors (Lipinski definition) is 2. The Morgan fingerprint density at radius 1 is 0.955 bits per heavy atom. The molecular weight excluding hydrogens is 268 g/mol. The Balaban J connectivity index is 1.50. The van der Waals surface area contributed by atoms with Crippen LogP contribution >= 0.6 is 0 Å². The molecule has 2 aliphatic rings. The second kappa shape index (κ2) is 6.21. The van der Waals surface area contributed by atoms with Crippen LogP contribution in [0.3, 0.4) is 0 Å². The van der Waals surface area contributed by atoms with Gasteiger partial charge in [-0.2, -0.15) is 0 Å². The van der Waals surface area contributed by atoms with Crippen LogP contribution in [0.1, 0.15) is 42.7 Å². The molecule has 2 unspecified atom stereocenters. The van der Waals surface area contributed by atoms with Gasteiger partial charge < -0.3 is 5.32 Å². The van der Waals surface area contributed by atoms with Crippen molar-refractivity contribution in [2.45, 2.75) is 44.2 Å². The Morgan fingerprint density at radius 3 is 2.55 bits per heavy atom. The van der Waals surface area contributed by atoms with E-state index in [0.717, 1.165) is 18.4 Å². The molecule has 1 aromatic heterocycles. The van der Waals surface area contributed by atoms with Gasteiger partial charge in [0.1, 0.15) is 0 Å². The van der Waals surface area contributed by atoms with E-state index in [9.17, 15) is 0 Å². The Labute approximate surface area is 133 Å². The lowest BCUT2D eigenvalue weighted by atomic mass is 9.53. The molecule has 0 radical (unpaired) electrons. The quantitative estimate of drug-likeness (QED) is 0.916. The number of hydrogen-bond donors (Lipinski definition) is 1. The summed E-state index contributed by atoms with van der Waals surface area (Å²) in [6.45, 7) is 0.936. The first-order valence-corrected chi connectivity index (χ1v) is 8.61. The standard InChI is InChI=1S/C20H24N2/c1-2-8-16(9-3-1)19-17-10-4-5-11-18(17)20(19)22-14-15-7-6-12-21-13-15/h1-3,6-9,12-13,17-20,22H,4-5,10-11,14H2/t17?,18?,19-,20-/m0/s1. The lowest BCUT2D eigenvalue weighted by Gasteiger charge is -2.55. The fourth-order valence-electron chi connectivity index (χ4n) is 4.61. The average molecular weight is 292 g/mol. The molecule has 0 bridgehead atoms. The number of rotatable bonds is 4. The molecule has 2 aliphatic carbocycles. The molecule has 0 saturated heterocycles. The van der Waals surface area contributed by atoms with E-state index in [1.807, 2.05) is 18.5 Å². The zero-order valence-corrected chi connectivity index (χ0v) is 13.0. The van der Waals surface area contributed by atoms with Crippen molar-refractivity contribution in [1.29, 1.82) is 0 Å². The molecule has 4 rings (SSSR count). The highest BCUT2D eigenvalue weighted by molar-refractivity contribution is 5.28. The van der Waals surface area contributed by atoms with E-state index in [1.165, 1.54) is 36.8 Å². The van der Waals surface area contributed by atoms with Crippen molar-refractivity contribution in [3.63, 3.8) is 0 Å². The lowest BCUT2D eigenvalue weighted by Crippen LogP contribution is -2.57. The fourth-order valence-corrected chi connectivity index (χ4v) is 4.61. The number of fused-ring (bicyclic) bond motifs is 1. The van der Waals surface area contributed by atoms with Gasteiger partial charge in [-0.1, -0.05) is 49.2 Å². The van der Waals surface area contributed by atoms with E-state index in [1.54, 1.807) is 0 Å². The van der Waals surface area contributed by atoms with Crippen LogP contribution in [0, 0.1) is 11.8 Å². The molecular formula is C20H24N2. The van der Waals surface area contributed by atoms with E-state index in [2.05, 4.69) is 46.7 Å². The van der Waals surface area contributed by atoms with Gasteiger partial charge in [0.05, 0.1) is 0 Å². The minimum atomic E-state index is 0.632. The molecule has 2 nitrogen and oxygen atoms in total. The molecule has 2 saturated carbocycles. The average Bonchev–Trinajstić information content (AvgIpc) is 2.58. The summed E-state index contributed by atoms with van der Waals surface area (Å²) in [5.74, 6) is 2.46. The maximum absolute atomic E-state index is 4.23. The second-order valence-corrected chi connectivity index (χ2v) is 6.82. The molecule has 0 aliphatic heterocycles. The summed E-state index contributed by atoms with van der Waals surface area (Å²) in [6, 6.07) is 15.9. The third-order valence-corrected chi connectivity index (χ3v) is 5.63. The van der Waals surface area contributed by atoms with Crippen LogP contribution in [0.2, 0.25) is 0 Å². The maximum Gasteiger partial charge on any atom is 0.0312 e. The van der Waals surface area contributed by atoms with Crippen molar-refractivity contribution in [3.05, 3.63) is 66.0 Å². The summed E-state index contributed by atoms with van der Waals surface area (Å²) in [7, 11) is 0. The van der Waals surface area contributed by atoms with E-state index < -0.39 is 0 Å². The molecule has 114 valence electrons. The predicted octanol–water partition coefficient (Wildman–Crippen LogP) is 4.14. The molecule has 2 heteroatoms. The first-order chi connectivity index (χ1) is 10.9. The van der Waals surface area contributed by atoms with Crippen LogP contribution in [-0.2, 0) is 6.54 Å². The van der Waals surface area contributed by atoms with Crippen molar-refractivity contribution in [2.24, 2.45) is 11.8 Å². The van der Waals surface area contributed by atoms with Gasteiger partial charge >= 0.3 is 0 Å². The molecule has 1 heterocycles. The highest BCUT2D eigenvalue weighted by atomic mass is 15.0. The predicted molar refractivity (Wildman–Crippen MR) is 89.5 cm³/mol. The summed E-state index contributed by atoms with van der Waals surface area (Å²) >= 11 is 0. The molecule has 4 atom stereocenters. The number of nitrogens with one attached hydrogen (secondary N) is 1. The van der Waals surface area contributed by atoms with Crippen molar-refractivity contribution >= 4 is 0 Å². The molecule has 1 N–H and O–H groups in total. The minimum Gasteiger partial charge on any atom is -0.309 e. The van der Waals surface area contributed by atoms with Crippen LogP contribution in [0.4, 0.5) is 0 Å². The van der Waals surface area contributed by atoms with E-state index in [-0.39, 0.29) is 0 Å². The topological polar surface area (TPSA) is 24.9 Å². The van der Waals surface area contributed by atoms with Crippen LogP contribution < -0.4 is 5.32 Å². The van der Waals surface area contributed by atoms with Crippen molar-refractivity contribution in [3.8, 4) is 0 Å². The third kappa shape index (κ3) is 2.56. The second-order valence-electron chi connectivity index (χ2n) is 6.82. The fraction of sp³-hybridized carbons (Fsp3) is 0.450. The number of pyridine rings is 1. The lowest BCUT2D eigenvalue weighted by molar-refractivity contribution is 0.0254. The molecule has 0 spiro atoms. The molecule has 22 heavy (non-hydrogen) atoms. The summed E-state index contributed by atoms with van der Waals surface area (Å²) in [5, 5.41) is 3.84. The Bertz CT molecular complexity index is 596. The van der Waals surface area contributed by atoms with Gasteiger partial charge in [-0.05, 0) is 41.9 Å². The van der Waals surface area contributed by atoms with Gasteiger partial charge in [0.15, 0.2) is 0 Å². The summed E-state index contributed by atoms with van der Waals surface area (Å²) < 4.78 is 0. The Hall–Kier alpha value is -1.67. The normalized spacial score (nSPS) is 30.4. The monoisotopic (exact) mass is 292 g/mol. The van der Waals surface area contributed by atoms with Crippen molar-refractivity contribution in [2.75, 3.05) is 0 Å². The number of benzene rings is 1. The molecule has 2 fully saturated rings. The van der Waals surface area contributed by atoms with Gasteiger partial charge in [0, 0.05) is 30.9 Å². The van der Waals surface area contributed by atoms with E-state index >= 15 is 0 Å². The van der Waals surface area contributed by atoms with Crippen LogP contribution in [0.5, 0.6) is 0 Å². The molecule has 2 aromatic rings. The summed E-state index contributed by atoms with van der Waals surface area (Å²) in [6.07, 6.45) is 9.46. The van der Waals surface area contributed by atoms with Crippen LogP contribution in [-0.4, -0.2) is 11.0 Å². The number of nitrogens with zero attached hydrogens (tertiary/aromatic N) is 1. The molecule has 0 amide bonds. The smallest absolute Gasteiger partial charge is 0.0312 e. The van der Waals surface area contributed by atoms with Crippen LogP contribution in [0.25, 0.3) is 0 Å². The van der Waals surface area contributed by atoms with Gasteiger partial charge in [-0.3, -0.25) is 4.98 Å². The summed E-state index contributed by atoms with van der Waals surface area (Å²) in [4.78, 5) is 4.23. The van der Waals surface area contributed by atoms with E-state index in [4.69, 9.17) is 0 Å². The van der Waals surface area contributed by atoms with Gasteiger partial charge in [0.2, 0.25) is 0 Å². The largest absolute Gasteiger partial charge is 0.309 e.